The minimum absolute atomic E-state index is 0.0986. The molecule has 1 unspecified atom stereocenters. The predicted octanol–water partition coefficient (Wildman–Crippen LogP) is 4.68. The number of hydrogen-bond donors (Lipinski definition) is 2. The van der Waals surface area contributed by atoms with E-state index in [1.807, 2.05) is 53.4 Å². The van der Waals surface area contributed by atoms with Crippen molar-refractivity contribution < 1.29 is 9.59 Å². The first-order valence-electron chi connectivity index (χ1n) is 10.7. The van der Waals surface area contributed by atoms with Gasteiger partial charge in [0.2, 0.25) is 0 Å². The average Bonchev–Trinajstić information content (AvgIpc) is 3.31. The molecule has 0 aliphatic carbocycles. The monoisotopic (exact) mass is 413 g/mol. The Balaban J connectivity index is 1.25. The van der Waals surface area contributed by atoms with Gasteiger partial charge >= 0.3 is 6.03 Å². The first-order valence-corrected chi connectivity index (χ1v) is 10.7. The minimum atomic E-state index is -0.112. The van der Waals surface area contributed by atoms with Crippen LogP contribution in [0.5, 0.6) is 0 Å². The fraction of sp³-hybridized carbons (Fsp3) is 0.231. The number of rotatable bonds is 6. The molecule has 3 aromatic carbocycles. The molecule has 2 N–H and O–H groups in total. The highest BCUT2D eigenvalue weighted by Crippen LogP contribution is 2.27. The first-order chi connectivity index (χ1) is 15.2. The van der Waals surface area contributed by atoms with Crippen LogP contribution in [0.3, 0.4) is 0 Å². The molecular weight excluding hydrogens is 386 g/mol. The van der Waals surface area contributed by atoms with E-state index in [4.69, 9.17) is 0 Å². The maximum Gasteiger partial charge on any atom is 0.321 e. The van der Waals surface area contributed by atoms with Crippen LogP contribution in [-0.2, 0) is 6.42 Å². The number of hydrogen-bond acceptors (Lipinski definition) is 2. The topological polar surface area (TPSA) is 61.4 Å². The number of nitrogens with zero attached hydrogens (tertiary/aromatic N) is 1. The number of nitrogens with one attached hydrogen (secondary N) is 2. The van der Waals surface area contributed by atoms with Crippen LogP contribution in [0.15, 0.2) is 84.9 Å². The molecule has 0 bridgehead atoms. The van der Waals surface area contributed by atoms with Gasteiger partial charge in [0, 0.05) is 36.8 Å². The lowest BCUT2D eigenvalue weighted by Crippen LogP contribution is -2.32. The highest BCUT2D eigenvalue weighted by molar-refractivity contribution is 5.95. The third kappa shape index (κ3) is 5.51. The van der Waals surface area contributed by atoms with Gasteiger partial charge in [0.1, 0.15) is 0 Å². The van der Waals surface area contributed by atoms with E-state index in [9.17, 15) is 9.59 Å². The molecule has 3 aromatic rings. The first kappa shape index (κ1) is 20.7. The van der Waals surface area contributed by atoms with Crippen molar-refractivity contribution in [1.82, 2.24) is 10.2 Å². The van der Waals surface area contributed by atoms with E-state index in [-0.39, 0.29) is 11.9 Å². The summed E-state index contributed by atoms with van der Waals surface area (Å²) in [4.78, 5) is 26.8. The summed E-state index contributed by atoms with van der Waals surface area (Å²) < 4.78 is 0. The van der Waals surface area contributed by atoms with Crippen LogP contribution in [0.25, 0.3) is 0 Å². The summed E-state index contributed by atoms with van der Waals surface area (Å²) in [6, 6.07) is 27.3. The number of anilines is 1. The summed E-state index contributed by atoms with van der Waals surface area (Å²) in [6.07, 6.45) is 1.76. The zero-order valence-electron chi connectivity index (χ0n) is 17.5. The van der Waals surface area contributed by atoms with Crippen molar-refractivity contribution in [3.05, 3.63) is 102 Å². The SMILES string of the molecule is O=C(NCCc1ccccc1)c1ccc(NC(=O)N2CCC(c3ccccc3)C2)cc1. The van der Waals surface area contributed by atoms with E-state index in [1.54, 1.807) is 24.3 Å². The van der Waals surface area contributed by atoms with Crippen molar-refractivity contribution in [3.8, 4) is 0 Å². The van der Waals surface area contributed by atoms with Crippen LogP contribution < -0.4 is 10.6 Å². The van der Waals surface area contributed by atoms with Crippen molar-refractivity contribution in [2.24, 2.45) is 0 Å². The molecule has 1 heterocycles. The summed E-state index contributed by atoms with van der Waals surface area (Å²) in [5, 5.41) is 5.88. The number of carbonyl (C=O) groups excluding carboxylic acids is 2. The van der Waals surface area contributed by atoms with E-state index in [0.717, 1.165) is 25.9 Å². The summed E-state index contributed by atoms with van der Waals surface area (Å²) in [7, 11) is 0. The molecule has 158 valence electrons. The molecule has 31 heavy (non-hydrogen) atoms. The molecular formula is C26H27N3O2. The molecule has 5 nitrogen and oxygen atoms in total. The second-order valence-electron chi connectivity index (χ2n) is 7.84. The zero-order chi connectivity index (χ0) is 21.5. The van der Waals surface area contributed by atoms with Crippen LogP contribution >= 0.6 is 0 Å². The van der Waals surface area contributed by atoms with Gasteiger partial charge in [0.05, 0.1) is 0 Å². The van der Waals surface area contributed by atoms with E-state index < -0.39 is 0 Å². The Morgan fingerprint density at radius 2 is 1.55 bits per heavy atom. The summed E-state index contributed by atoms with van der Waals surface area (Å²) in [5.41, 5.74) is 3.74. The maximum absolute atomic E-state index is 12.6. The standard InChI is InChI=1S/C26H27N3O2/c30-25(27-17-15-20-7-3-1-4-8-20)22-11-13-24(14-12-22)28-26(31)29-18-16-23(19-29)21-9-5-2-6-10-21/h1-14,23H,15-19H2,(H,27,30)(H,28,31). The molecule has 1 aliphatic heterocycles. The van der Waals surface area contributed by atoms with Gasteiger partial charge in [0.15, 0.2) is 0 Å². The second kappa shape index (κ2) is 9.94. The smallest absolute Gasteiger partial charge is 0.321 e. The molecule has 1 fully saturated rings. The van der Waals surface area contributed by atoms with E-state index in [2.05, 4.69) is 22.8 Å². The van der Waals surface area contributed by atoms with E-state index >= 15 is 0 Å². The number of carbonyl (C=O) groups is 2. The summed E-state index contributed by atoms with van der Waals surface area (Å²) in [5.74, 6) is 0.271. The Labute approximate surface area is 183 Å². The van der Waals surface area contributed by atoms with Crippen LogP contribution in [0.2, 0.25) is 0 Å². The molecule has 1 saturated heterocycles. The molecule has 1 aliphatic rings. The fourth-order valence-corrected chi connectivity index (χ4v) is 3.92. The maximum atomic E-state index is 12.6. The number of amides is 3. The number of likely N-dealkylation sites (tertiary alicyclic amines) is 1. The van der Waals surface area contributed by atoms with Gasteiger partial charge in [0.25, 0.3) is 5.91 Å². The van der Waals surface area contributed by atoms with Gasteiger partial charge in [-0.05, 0) is 48.2 Å². The Kier molecular flexibility index (Phi) is 6.62. The van der Waals surface area contributed by atoms with Crippen molar-refractivity contribution in [3.63, 3.8) is 0 Å². The van der Waals surface area contributed by atoms with Crippen molar-refractivity contribution in [2.45, 2.75) is 18.8 Å². The molecule has 4 rings (SSSR count). The minimum Gasteiger partial charge on any atom is -0.352 e. The van der Waals surface area contributed by atoms with Crippen LogP contribution in [0, 0.1) is 0 Å². The second-order valence-corrected chi connectivity index (χ2v) is 7.84. The Morgan fingerprint density at radius 1 is 0.871 bits per heavy atom. The van der Waals surface area contributed by atoms with E-state index in [0.29, 0.717) is 23.7 Å². The molecule has 0 aromatic heterocycles. The van der Waals surface area contributed by atoms with Gasteiger partial charge < -0.3 is 15.5 Å². The quantitative estimate of drug-likeness (QED) is 0.616. The van der Waals surface area contributed by atoms with Crippen LogP contribution in [0.4, 0.5) is 10.5 Å². The molecule has 5 heteroatoms. The lowest BCUT2D eigenvalue weighted by atomic mass is 9.99. The highest BCUT2D eigenvalue weighted by atomic mass is 16.2. The Morgan fingerprint density at radius 3 is 2.26 bits per heavy atom. The van der Waals surface area contributed by atoms with E-state index in [1.165, 1.54) is 11.1 Å². The lowest BCUT2D eigenvalue weighted by Gasteiger charge is -2.18. The van der Waals surface area contributed by atoms with Crippen molar-refractivity contribution >= 4 is 17.6 Å². The number of benzene rings is 3. The van der Waals surface area contributed by atoms with Crippen molar-refractivity contribution in [2.75, 3.05) is 25.0 Å². The molecule has 0 radical (unpaired) electrons. The van der Waals surface area contributed by atoms with Crippen LogP contribution in [0.1, 0.15) is 33.8 Å². The molecule has 0 spiro atoms. The summed E-state index contributed by atoms with van der Waals surface area (Å²) in [6.45, 7) is 2.05. The predicted molar refractivity (Wildman–Crippen MR) is 123 cm³/mol. The molecule has 0 saturated carbocycles. The zero-order valence-corrected chi connectivity index (χ0v) is 17.5. The third-order valence-corrected chi connectivity index (χ3v) is 5.69. The normalized spacial score (nSPS) is 15.5. The van der Waals surface area contributed by atoms with Gasteiger partial charge in [-0.2, -0.15) is 0 Å². The Hall–Kier alpha value is -3.60. The van der Waals surface area contributed by atoms with Gasteiger partial charge in [-0.15, -0.1) is 0 Å². The third-order valence-electron chi connectivity index (χ3n) is 5.69. The lowest BCUT2D eigenvalue weighted by molar-refractivity contribution is 0.0954. The average molecular weight is 414 g/mol. The van der Waals surface area contributed by atoms with Gasteiger partial charge in [-0.25, -0.2) is 4.79 Å². The van der Waals surface area contributed by atoms with Crippen LogP contribution in [-0.4, -0.2) is 36.5 Å². The van der Waals surface area contributed by atoms with Gasteiger partial charge in [-0.3, -0.25) is 4.79 Å². The fourth-order valence-electron chi connectivity index (χ4n) is 3.92. The van der Waals surface area contributed by atoms with Crippen molar-refractivity contribution in [1.29, 1.82) is 0 Å². The summed E-state index contributed by atoms with van der Waals surface area (Å²) >= 11 is 0. The Bertz CT molecular complexity index is 1000. The highest BCUT2D eigenvalue weighted by Gasteiger charge is 2.27. The van der Waals surface area contributed by atoms with Gasteiger partial charge in [-0.1, -0.05) is 60.7 Å². The molecule has 3 amide bonds. The largest absolute Gasteiger partial charge is 0.352 e. The molecule has 1 atom stereocenters. The number of urea groups is 1.